The topological polar surface area (TPSA) is 118 Å². The molecule has 2 aromatic carbocycles. The van der Waals surface area contributed by atoms with Crippen LogP contribution in [0.2, 0.25) is 0 Å². The van der Waals surface area contributed by atoms with Gasteiger partial charge in [0, 0.05) is 35.1 Å². The predicted octanol–water partition coefficient (Wildman–Crippen LogP) is 4.23. The maximum Gasteiger partial charge on any atom is 0.333 e. The third-order valence-corrected chi connectivity index (χ3v) is 6.18. The number of H-pyrrole nitrogens is 1. The highest BCUT2D eigenvalue weighted by Gasteiger charge is 2.29. The Labute approximate surface area is 221 Å². The van der Waals surface area contributed by atoms with Crippen LogP contribution in [0.15, 0.2) is 73.3 Å². The van der Waals surface area contributed by atoms with Gasteiger partial charge in [0.05, 0.1) is 12.9 Å². The number of amides is 2. The number of nitrogens with zero attached hydrogens (tertiary/aromatic N) is 2. The minimum absolute atomic E-state index is 0.240. The van der Waals surface area contributed by atoms with Gasteiger partial charge in [-0.15, -0.1) is 0 Å². The molecule has 38 heavy (non-hydrogen) atoms. The lowest BCUT2D eigenvalue weighted by atomic mass is 9.94. The molecule has 2 aromatic heterocycles. The van der Waals surface area contributed by atoms with Gasteiger partial charge in [-0.3, -0.25) is 9.59 Å². The van der Waals surface area contributed by atoms with Gasteiger partial charge in [-0.25, -0.2) is 9.78 Å². The van der Waals surface area contributed by atoms with E-state index in [1.807, 2.05) is 60.8 Å². The fourth-order valence-electron chi connectivity index (χ4n) is 4.15. The Morgan fingerprint density at radius 1 is 1.05 bits per heavy atom. The van der Waals surface area contributed by atoms with Gasteiger partial charge >= 0.3 is 5.97 Å². The molecule has 2 amide bonds. The third kappa shape index (κ3) is 6.11. The average Bonchev–Trinajstić information content (AvgIpc) is 3.51. The molecule has 0 fully saturated rings. The summed E-state index contributed by atoms with van der Waals surface area (Å²) in [5, 5.41) is 6.69. The van der Waals surface area contributed by atoms with Crippen LogP contribution >= 0.6 is 0 Å². The molecule has 1 unspecified atom stereocenters. The number of para-hydroxylation sites is 1. The van der Waals surface area contributed by atoms with Crippen LogP contribution in [0.25, 0.3) is 10.9 Å². The number of nitrogens with one attached hydrogen (secondary N) is 3. The molecule has 0 saturated heterocycles. The van der Waals surface area contributed by atoms with Crippen LogP contribution in [-0.2, 0) is 25.5 Å². The fraction of sp³-hybridized carbons (Fsp3) is 0.310. The first-order valence-corrected chi connectivity index (χ1v) is 12.6. The lowest BCUT2D eigenvalue weighted by Gasteiger charge is -2.23. The summed E-state index contributed by atoms with van der Waals surface area (Å²) in [5.74, 6) is -0.821. The molecule has 0 aliphatic carbocycles. The molecule has 9 heteroatoms. The summed E-state index contributed by atoms with van der Waals surface area (Å²) >= 11 is 0. The molecular formula is C29H33N5O4. The number of rotatable bonds is 9. The van der Waals surface area contributed by atoms with Crippen LogP contribution < -0.4 is 10.6 Å². The van der Waals surface area contributed by atoms with Crippen molar-refractivity contribution in [1.29, 1.82) is 0 Å². The van der Waals surface area contributed by atoms with E-state index in [2.05, 4.69) is 20.6 Å². The van der Waals surface area contributed by atoms with Gasteiger partial charge in [-0.1, -0.05) is 69.3 Å². The fourth-order valence-corrected chi connectivity index (χ4v) is 4.15. The standard InChI is InChI=1S/C29H33N5O4/c1-5-38-27(36)25(19-11-7-6-8-12-19)34-17-24(31-18-34)33-26(35)23(32-28(37)29(2,3)4)15-20-16-30-22-14-10-9-13-21(20)22/h6-14,16-18,23,25,30H,5,15H2,1-4H3,(H,32,37)(H,33,35)/t23-,25?/m1/s1. The van der Waals surface area contributed by atoms with Crippen molar-refractivity contribution >= 4 is 34.5 Å². The van der Waals surface area contributed by atoms with Gasteiger partial charge in [-0.05, 0) is 24.1 Å². The number of esters is 1. The quantitative estimate of drug-likeness (QED) is 0.288. The summed E-state index contributed by atoms with van der Waals surface area (Å²) in [5.41, 5.74) is 1.92. The van der Waals surface area contributed by atoms with Crippen molar-refractivity contribution in [2.75, 3.05) is 11.9 Å². The van der Waals surface area contributed by atoms with Crippen molar-refractivity contribution in [1.82, 2.24) is 19.9 Å². The van der Waals surface area contributed by atoms with Crippen molar-refractivity contribution in [3.05, 3.63) is 84.4 Å². The summed E-state index contributed by atoms with van der Waals surface area (Å²) in [6, 6.07) is 15.4. The van der Waals surface area contributed by atoms with Crippen molar-refractivity contribution in [3.8, 4) is 0 Å². The summed E-state index contributed by atoms with van der Waals surface area (Å²) < 4.78 is 6.89. The van der Waals surface area contributed by atoms with Crippen molar-refractivity contribution in [2.45, 2.75) is 46.2 Å². The van der Waals surface area contributed by atoms with E-state index < -0.39 is 29.4 Å². The SMILES string of the molecule is CCOC(=O)C(c1ccccc1)n1cnc(NC(=O)[C@@H](Cc2c[nH]c3ccccc23)NC(=O)C(C)(C)C)c1. The first-order chi connectivity index (χ1) is 18.2. The summed E-state index contributed by atoms with van der Waals surface area (Å²) in [7, 11) is 0. The van der Waals surface area contributed by atoms with E-state index in [4.69, 9.17) is 4.74 Å². The Kier molecular flexibility index (Phi) is 7.95. The zero-order valence-corrected chi connectivity index (χ0v) is 22.0. The number of imidazole rings is 1. The van der Waals surface area contributed by atoms with Crippen LogP contribution in [0, 0.1) is 5.41 Å². The normalized spacial score (nSPS) is 13.1. The number of carbonyl (C=O) groups is 3. The lowest BCUT2D eigenvalue weighted by molar-refractivity contribution is -0.145. The Morgan fingerprint density at radius 3 is 2.47 bits per heavy atom. The minimum Gasteiger partial charge on any atom is -0.464 e. The average molecular weight is 516 g/mol. The molecule has 198 valence electrons. The largest absolute Gasteiger partial charge is 0.464 e. The number of ether oxygens (including phenoxy) is 1. The highest BCUT2D eigenvalue weighted by atomic mass is 16.5. The molecule has 2 atom stereocenters. The maximum absolute atomic E-state index is 13.4. The highest BCUT2D eigenvalue weighted by Crippen LogP contribution is 2.23. The number of hydrogen-bond donors (Lipinski definition) is 3. The zero-order valence-electron chi connectivity index (χ0n) is 22.0. The van der Waals surface area contributed by atoms with Crippen LogP contribution in [0.1, 0.15) is 44.9 Å². The molecule has 4 rings (SSSR count). The van der Waals surface area contributed by atoms with E-state index in [-0.39, 0.29) is 24.8 Å². The maximum atomic E-state index is 13.4. The number of aromatic amines is 1. The molecule has 0 aliphatic rings. The van der Waals surface area contributed by atoms with E-state index in [9.17, 15) is 14.4 Å². The number of aromatic nitrogens is 3. The van der Waals surface area contributed by atoms with Gasteiger partial charge < -0.3 is 24.9 Å². The third-order valence-electron chi connectivity index (χ3n) is 6.18. The van der Waals surface area contributed by atoms with Crippen LogP contribution in [0.3, 0.4) is 0 Å². The second kappa shape index (κ2) is 11.3. The molecule has 4 aromatic rings. The van der Waals surface area contributed by atoms with E-state index >= 15 is 0 Å². The van der Waals surface area contributed by atoms with Crippen molar-refractivity contribution in [3.63, 3.8) is 0 Å². The Hall–Kier alpha value is -4.40. The molecule has 0 radical (unpaired) electrons. The second-order valence-corrected chi connectivity index (χ2v) is 10.1. The summed E-state index contributed by atoms with van der Waals surface area (Å²) in [6.45, 7) is 7.37. The summed E-state index contributed by atoms with van der Waals surface area (Å²) in [6.07, 6.45) is 5.20. The van der Waals surface area contributed by atoms with E-state index in [0.29, 0.717) is 0 Å². The number of benzene rings is 2. The van der Waals surface area contributed by atoms with Crippen molar-refractivity contribution in [2.24, 2.45) is 5.41 Å². The number of fused-ring (bicyclic) bond motifs is 1. The molecule has 0 bridgehead atoms. The molecule has 2 heterocycles. The van der Waals surface area contributed by atoms with Crippen molar-refractivity contribution < 1.29 is 19.1 Å². The van der Waals surface area contributed by atoms with E-state index in [1.54, 1.807) is 38.5 Å². The smallest absolute Gasteiger partial charge is 0.333 e. The lowest BCUT2D eigenvalue weighted by Crippen LogP contribution is -2.49. The Bertz CT molecular complexity index is 1420. The van der Waals surface area contributed by atoms with Gasteiger partial charge in [0.25, 0.3) is 0 Å². The highest BCUT2D eigenvalue weighted by molar-refractivity contribution is 5.98. The zero-order chi connectivity index (χ0) is 27.3. The molecule has 3 N–H and O–H groups in total. The molecule has 0 saturated carbocycles. The molecule has 9 nitrogen and oxygen atoms in total. The van der Waals surface area contributed by atoms with E-state index in [1.165, 1.54) is 6.33 Å². The predicted molar refractivity (Wildman–Crippen MR) is 145 cm³/mol. The second-order valence-electron chi connectivity index (χ2n) is 10.1. The first-order valence-electron chi connectivity index (χ1n) is 12.6. The van der Waals surface area contributed by atoms with Gasteiger partial charge in [0.15, 0.2) is 11.9 Å². The molecule has 0 spiro atoms. The van der Waals surface area contributed by atoms with E-state index in [0.717, 1.165) is 22.0 Å². The minimum atomic E-state index is -0.846. The van der Waals surface area contributed by atoms with Gasteiger partial charge in [0.1, 0.15) is 6.04 Å². The number of carbonyl (C=O) groups excluding carboxylic acids is 3. The Morgan fingerprint density at radius 2 is 1.76 bits per heavy atom. The van der Waals surface area contributed by atoms with Gasteiger partial charge in [-0.2, -0.15) is 0 Å². The first kappa shape index (κ1) is 26.7. The molecule has 0 aliphatic heterocycles. The number of anilines is 1. The van der Waals surface area contributed by atoms with Crippen LogP contribution in [0.4, 0.5) is 5.82 Å². The molecular weight excluding hydrogens is 482 g/mol. The van der Waals surface area contributed by atoms with Gasteiger partial charge in [0.2, 0.25) is 11.8 Å². The van der Waals surface area contributed by atoms with Crippen LogP contribution in [0.5, 0.6) is 0 Å². The Balaban J connectivity index is 1.58. The number of hydrogen-bond acceptors (Lipinski definition) is 5. The summed E-state index contributed by atoms with van der Waals surface area (Å²) in [4.78, 5) is 46.6. The monoisotopic (exact) mass is 515 g/mol. The van der Waals surface area contributed by atoms with Crippen LogP contribution in [-0.4, -0.2) is 45.0 Å².